The topological polar surface area (TPSA) is 72.2 Å². The first-order chi connectivity index (χ1) is 8.31. The summed E-state index contributed by atoms with van der Waals surface area (Å²) in [5.74, 6) is 0. The van der Waals surface area contributed by atoms with Crippen molar-refractivity contribution in [2.45, 2.75) is 44.6 Å². The lowest BCUT2D eigenvalue weighted by Crippen LogP contribution is -2.33. The van der Waals surface area contributed by atoms with Crippen LogP contribution in [0.5, 0.6) is 0 Å². The summed E-state index contributed by atoms with van der Waals surface area (Å²) in [7, 11) is -3.56. The molecule has 0 bridgehead atoms. The molecule has 0 saturated carbocycles. The molecule has 18 heavy (non-hydrogen) atoms. The van der Waals surface area contributed by atoms with E-state index in [4.69, 9.17) is 17.3 Å². The van der Waals surface area contributed by atoms with Gasteiger partial charge in [-0.2, -0.15) is 0 Å². The lowest BCUT2D eigenvalue weighted by Gasteiger charge is -2.16. The fraction of sp³-hybridized carbons (Fsp3) is 0.500. The number of nitrogens with two attached hydrogens (primary N) is 1. The summed E-state index contributed by atoms with van der Waals surface area (Å²) in [4.78, 5) is 0.113. The van der Waals surface area contributed by atoms with E-state index in [2.05, 4.69) is 4.72 Å². The van der Waals surface area contributed by atoms with Crippen molar-refractivity contribution in [2.24, 2.45) is 0 Å². The van der Waals surface area contributed by atoms with Crippen LogP contribution in [-0.2, 0) is 10.0 Å². The average molecular weight is 291 g/mol. The highest BCUT2D eigenvalue weighted by Gasteiger charge is 2.19. The Hall–Kier alpha value is -0.780. The van der Waals surface area contributed by atoms with Crippen LogP contribution in [0, 0.1) is 6.92 Å². The summed E-state index contributed by atoms with van der Waals surface area (Å²) in [6.07, 6.45) is 1.48. The first-order valence-electron chi connectivity index (χ1n) is 5.89. The number of nitrogens with one attached hydrogen (secondary N) is 1. The second-order valence-electron chi connectivity index (χ2n) is 4.25. The number of hydrogen-bond acceptors (Lipinski definition) is 3. The van der Waals surface area contributed by atoms with Crippen LogP contribution >= 0.6 is 11.6 Å². The monoisotopic (exact) mass is 290 g/mol. The Balaban J connectivity index is 3.13. The van der Waals surface area contributed by atoms with Crippen LogP contribution in [0.15, 0.2) is 17.0 Å². The molecular weight excluding hydrogens is 272 g/mol. The van der Waals surface area contributed by atoms with Gasteiger partial charge in [0.1, 0.15) is 0 Å². The quantitative estimate of drug-likeness (QED) is 0.819. The fourth-order valence-corrected chi connectivity index (χ4v) is 3.33. The molecule has 0 heterocycles. The molecule has 6 heteroatoms. The standard InChI is InChI=1S/C12H19ClN2O2S/c1-4-9(5-2)15-18(16,17)10-6-11(13)8(3)12(14)7-10/h6-7,9,15H,4-5,14H2,1-3H3. The van der Waals surface area contributed by atoms with Crippen LogP contribution in [0.2, 0.25) is 5.02 Å². The Labute approximate surface area is 114 Å². The van der Waals surface area contributed by atoms with E-state index in [-0.39, 0.29) is 10.9 Å². The molecule has 0 radical (unpaired) electrons. The maximum Gasteiger partial charge on any atom is 0.240 e. The lowest BCUT2D eigenvalue weighted by molar-refractivity contribution is 0.530. The van der Waals surface area contributed by atoms with E-state index in [1.807, 2.05) is 13.8 Å². The maximum atomic E-state index is 12.2. The molecular formula is C12H19ClN2O2S. The molecule has 0 aliphatic rings. The number of halogens is 1. The molecule has 0 atom stereocenters. The van der Waals surface area contributed by atoms with Gasteiger partial charge in [-0.1, -0.05) is 25.4 Å². The molecule has 0 unspecified atom stereocenters. The number of rotatable bonds is 5. The SMILES string of the molecule is CCC(CC)NS(=O)(=O)c1cc(N)c(C)c(Cl)c1. The molecule has 4 nitrogen and oxygen atoms in total. The second-order valence-corrected chi connectivity index (χ2v) is 6.38. The van der Waals surface area contributed by atoms with Crippen molar-refractivity contribution >= 4 is 27.3 Å². The maximum absolute atomic E-state index is 12.2. The highest BCUT2D eigenvalue weighted by Crippen LogP contribution is 2.26. The number of hydrogen-bond donors (Lipinski definition) is 2. The minimum absolute atomic E-state index is 0.0729. The van der Waals surface area contributed by atoms with E-state index in [9.17, 15) is 8.42 Å². The van der Waals surface area contributed by atoms with E-state index in [0.29, 0.717) is 16.3 Å². The average Bonchev–Trinajstić information content (AvgIpc) is 2.32. The van der Waals surface area contributed by atoms with Crippen molar-refractivity contribution < 1.29 is 8.42 Å². The van der Waals surface area contributed by atoms with Gasteiger partial charge in [0, 0.05) is 16.8 Å². The number of sulfonamides is 1. The molecule has 0 saturated heterocycles. The molecule has 102 valence electrons. The number of benzene rings is 1. The second kappa shape index (κ2) is 5.91. The minimum Gasteiger partial charge on any atom is -0.398 e. The van der Waals surface area contributed by atoms with E-state index in [1.54, 1.807) is 6.92 Å². The summed E-state index contributed by atoms with van der Waals surface area (Å²) in [6.45, 7) is 5.63. The zero-order chi connectivity index (χ0) is 13.9. The number of nitrogen functional groups attached to an aromatic ring is 1. The molecule has 1 rings (SSSR count). The van der Waals surface area contributed by atoms with Gasteiger partial charge in [0.25, 0.3) is 0 Å². The zero-order valence-corrected chi connectivity index (χ0v) is 12.4. The van der Waals surface area contributed by atoms with Crippen molar-refractivity contribution in [2.75, 3.05) is 5.73 Å². The highest BCUT2D eigenvalue weighted by molar-refractivity contribution is 7.89. The van der Waals surface area contributed by atoms with Crippen LogP contribution in [-0.4, -0.2) is 14.5 Å². The largest absolute Gasteiger partial charge is 0.398 e. The van der Waals surface area contributed by atoms with Gasteiger partial charge in [-0.25, -0.2) is 13.1 Å². The lowest BCUT2D eigenvalue weighted by atomic mass is 10.2. The van der Waals surface area contributed by atoms with Gasteiger partial charge >= 0.3 is 0 Å². The zero-order valence-electron chi connectivity index (χ0n) is 10.8. The Kier molecular flexibility index (Phi) is 5.01. The third-order valence-corrected chi connectivity index (χ3v) is 4.87. The highest BCUT2D eigenvalue weighted by atomic mass is 35.5. The van der Waals surface area contributed by atoms with Gasteiger partial charge in [0.15, 0.2) is 0 Å². The van der Waals surface area contributed by atoms with Gasteiger partial charge < -0.3 is 5.73 Å². The summed E-state index contributed by atoms with van der Waals surface area (Å²) in [5, 5.41) is 0.361. The first-order valence-corrected chi connectivity index (χ1v) is 7.75. The summed E-state index contributed by atoms with van der Waals surface area (Å²) >= 11 is 5.96. The van der Waals surface area contributed by atoms with Crippen LogP contribution in [0.1, 0.15) is 32.3 Å². The van der Waals surface area contributed by atoms with Gasteiger partial charge in [-0.05, 0) is 37.5 Å². The van der Waals surface area contributed by atoms with E-state index >= 15 is 0 Å². The summed E-state index contributed by atoms with van der Waals surface area (Å²) in [5.41, 5.74) is 6.81. The van der Waals surface area contributed by atoms with Crippen LogP contribution < -0.4 is 10.5 Å². The molecule has 1 aromatic carbocycles. The van der Waals surface area contributed by atoms with Crippen LogP contribution in [0.25, 0.3) is 0 Å². The van der Waals surface area contributed by atoms with Crippen LogP contribution in [0.3, 0.4) is 0 Å². The Morgan fingerprint density at radius 2 is 1.89 bits per heavy atom. The van der Waals surface area contributed by atoms with Crippen molar-refractivity contribution in [1.82, 2.24) is 4.72 Å². The Bertz CT molecular complexity index is 502. The van der Waals surface area contributed by atoms with Gasteiger partial charge in [-0.3, -0.25) is 0 Å². The van der Waals surface area contributed by atoms with E-state index in [0.717, 1.165) is 12.8 Å². The molecule has 0 aliphatic heterocycles. The number of anilines is 1. The molecule has 0 fully saturated rings. The molecule has 0 aliphatic carbocycles. The molecule has 1 aromatic rings. The molecule has 0 aromatic heterocycles. The first kappa shape index (κ1) is 15.3. The predicted molar refractivity (Wildman–Crippen MR) is 75.3 cm³/mol. The predicted octanol–water partition coefficient (Wildman–Crippen LogP) is 2.70. The Morgan fingerprint density at radius 3 is 2.33 bits per heavy atom. The smallest absolute Gasteiger partial charge is 0.240 e. The summed E-state index contributed by atoms with van der Waals surface area (Å²) in [6, 6.07) is 2.79. The van der Waals surface area contributed by atoms with Gasteiger partial charge in [0.2, 0.25) is 10.0 Å². The van der Waals surface area contributed by atoms with Crippen molar-refractivity contribution in [3.8, 4) is 0 Å². The van der Waals surface area contributed by atoms with Crippen LogP contribution in [0.4, 0.5) is 5.69 Å². The normalized spacial score (nSPS) is 12.1. The third kappa shape index (κ3) is 3.37. The van der Waals surface area contributed by atoms with Gasteiger partial charge in [-0.15, -0.1) is 0 Å². The fourth-order valence-electron chi connectivity index (χ4n) is 1.57. The van der Waals surface area contributed by atoms with E-state index < -0.39 is 10.0 Å². The molecule has 3 N–H and O–H groups in total. The molecule has 0 amide bonds. The minimum atomic E-state index is -3.56. The van der Waals surface area contributed by atoms with Gasteiger partial charge in [0.05, 0.1) is 4.90 Å². The van der Waals surface area contributed by atoms with E-state index in [1.165, 1.54) is 12.1 Å². The van der Waals surface area contributed by atoms with Crippen molar-refractivity contribution in [3.63, 3.8) is 0 Å². The third-order valence-electron chi connectivity index (χ3n) is 2.98. The molecule has 0 spiro atoms. The Morgan fingerprint density at radius 1 is 1.33 bits per heavy atom. The summed E-state index contributed by atoms with van der Waals surface area (Å²) < 4.78 is 26.9. The van der Waals surface area contributed by atoms with Crippen molar-refractivity contribution in [3.05, 3.63) is 22.7 Å². The van der Waals surface area contributed by atoms with Crippen molar-refractivity contribution in [1.29, 1.82) is 0 Å².